The number of hydrogen-bond acceptors (Lipinski definition) is 4. The van der Waals surface area contributed by atoms with Gasteiger partial charge in [0.1, 0.15) is 12.4 Å². The number of rotatable bonds is 7. The predicted molar refractivity (Wildman–Crippen MR) is 104 cm³/mol. The summed E-state index contributed by atoms with van der Waals surface area (Å²) in [5.74, 6) is -0.817. The molecule has 0 atom stereocenters. The van der Waals surface area contributed by atoms with Crippen LogP contribution in [0.5, 0.6) is 0 Å². The first-order chi connectivity index (χ1) is 14.1. The minimum absolute atomic E-state index is 0.0438. The number of halogens is 1. The molecule has 0 spiro atoms. The Balaban J connectivity index is 1.38. The first kappa shape index (κ1) is 18.8. The Kier molecular flexibility index (Phi) is 5.33. The zero-order valence-electron chi connectivity index (χ0n) is 15.7. The topological polar surface area (TPSA) is 80.1 Å². The van der Waals surface area contributed by atoms with Gasteiger partial charge in [0.25, 0.3) is 5.91 Å². The summed E-state index contributed by atoms with van der Waals surface area (Å²) in [5.41, 5.74) is 1.65. The summed E-state index contributed by atoms with van der Waals surface area (Å²) in [6, 6.07) is 11.2. The molecule has 8 heteroatoms. The smallest absolute Gasteiger partial charge is 0.255 e. The molecular weight excluding hydrogens is 373 g/mol. The standard InChI is InChI=1S/C21H20FN5O2/c22-16-6-4-15(5-7-16)21(29)25-18-11-24-26(12-18)14-20(28)27(19-8-9-19)13-17-3-1-2-10-23-17/h1-7,10-12,19H,8-9,13-14H2,(H,25,29). The summed E-state index contributed by atoms with van der Waals surface area (Å²) in [6.07, 6.45) is 6.79. The number of pyridine rings is 1. The molecule has 0 radical (unpaired) electrons. The summed E-state index contributed by atoms with van der Waals surface area (Å²) < 4.78 is 14.5. The molecule has 2 amide bonds. The minimum Gasteiger partial charge on any atom is -0.332 e. The fourth-order valence-electron chi connectivity index (χ4n) is 3.02. The van der Waals surface area contributed by atoms with Gasteiger partial charge in [-0.05, 0) is 49.2 Å². The van der Waals surface area contributed by atoms with Crippen LogP contribution in [0.1, 0.15) is 28.9 Å². The largest absolute Gasteiger partial charge is 0.332 e. The van der Waals surface area contributed by atoms with Gasteiger partial charge in [-0.15, -0.1) is 0 Å². The maximum Gasteiger partial charge on any atom is 0.255 e. The lowest BCUT2D eigenvalue weighted by atomic mass is 10.2. The fourth-order valence-corrected chi connectivity index (χ4v) is 3.02. The lowest BCUT2D eigenvalue weighted by molar-refractivity contribution is -0.133. The Hall–Kier alpha value is -3.55. The molecule has 148 valence electrons. The molecule has 0 unspecified atom stereocenters. The Morgan fingerprint density at radius 3 is 2.66 bits per heavy atom. The van der Waals surface area contributed by atoms with E-state index in [1.54, 1.807) is 12.4 Å². The quantitative estimate of drug-likeness (QED) is 0.669. The zero-order chi connectivity index (χ0) is 20.2. The highest BCUT2D eigenvalue weighted by molar-refractivity contribution is 6.04. The second-order valence-corrected chi connectivity index (χ2v) is 6.96. The summed E-state index contributed by atoms with van der Waals surface area (Å²) in [4.78, 5) is 31.1. The molecule has 1 saturated carbocycles. The van der Waals surface area contributed by atoms with Crippen molar-refractivity contribution in [1.82, 2.24) is 19.7 Å². The molecule has 0 saturated heterocycles. The molecule has 1 aliphatic carbocycles. The average molecular weight is 393 g/mol. The maximum absolute atomic E-state index is 13.0. The van der Waals surface area contributed by atoms with Crippen LogP contribution in [-0.2, 0) is 17.9 Å². The van der Waals surface area contributed by atoms with Crippen molar-refractivity contribution in [2.45, 2.75) is 32.0 Å². The van der Waals surface area contributed by atoms with E-state index in [-0.39, 0.29) is 24.4 Å². The van der Waals surface area contributed by atoms with E-state index in [1.165, 1.54) is 35.1 Å². The molecule has 29 heavy (non-hydrogen) atoms. The van der Waals surface area contributed by atoms with Crippen LogP contribution < -0.4 is 5.32 Å². The van der Waals surface area contributed by atoms with E-state index in [0.29, 0.717) is 17.8 Å². The number of carbonyl (C=O) groups excluding carboxylic acids is 2. The molecule has 2 aromatic heterocycles. The van der Waals surface area contributed by atoms with E-state index >= 15 is 0 Å². The highest BCUT2D eigenvalue weighted by Crippen LogP contribution is 2.28. The third kappa shape index (κ3) is 4.84. The molecule has 7 nitrogen and oxygen atoms in total. The van der Waals surface area contributed by atoms with Crippen molar-refractivity contribution in [2.24, 2.45) is 0 Å². The van der Waals surface area contributed by atoms with Gasteiger partial charge in [0, 0.05) is 24.0 Å². The van der Waals surface area contributed by atoms with Crippen LogP contribution in [0, 0.1) is 5.82 Å². The first-order valence-corrected chi connectivity index (χ1v) is 9.37. The average Bonchev–Trinajstić information content (AvgIpc) is 3.48. The predicted octanol–water partition coefficient (Wildman–Crippen LogP) is 2.86. The Bertz CT molecular complexity index is 999. The second kappa shape index (κ2) is 8.22. The number of carbonyl (C=O) groups is 2. The molecule has 1 aliphatic rings. The van der Waals surface area contributed by atoms with Crippen LogP contribution in [0.2, 0.25) is 0 Å². The van der Waals surface area contributed by atoms with Crippen LogP contribution >= 0.6 is 0 Å². The normalized spacial score (nSPS) is 13.1. The van der Waals surface area contributed by atoms with Gasteiger partial charge in [0.2, 0.25) is 5.91 Å². The van der Waals surface area contributed by atoms with Gasteiger partial charge < -0.3 is 10.2 Å². The van der Waals surface area contributed by atoms with E-state index in [0.717, 1.165) is 18.5 Å². The molecule has 1 fully saturated rings. The summed E-state index contributed by atoms with van der Waals surface area (Å²) in [6.45, 7) is 0.551. The zero-order valence-corrected chi connectivity index (χ0v) is 15.7. The van der Waals surface area contributed by atoms with Gasteiger partial charge in [0.05, 0.1) is 24.1 Å². The number of nitrogens with one attached hydrogen (secondary N) is 1. The van der Waals surface area contributed by atoms with Crippen molar-refractivity contribution in [2.75, 3.05) is 5.32 Å². The van der Waals surface area contributed by atoms with Gasteiger partial charge in [-0.3, -0.25) is 19.3 Å². The second-order valence-electron chi connectivity index (χ2n) is 6.96. The SMILES string of the molecule is O=C(Nc1cnn(CC(=O)N(Cc2ccccn2)C2CC2)c1)c1ccc(F)cc1. The van der Waals surface area contributed by atoms with Gasteiger partial charge >= 0.3 is 0 Å². The summed E-state index contributed by atoms with van der Waals surface area (Å²) >= 11 is 0. The van der Waals surface area contributed by atoms with Crippen LogP contribution in [0.3, 0.4) is 0 Å². The molecule has 4 rings (SSSR count). The number of aromatic nitrogens is 3. The van der Waals surface area contributed by atoms with Crippen molar-refractivity contribution in [3.05, 3.63) is 78.1 Å². The maximum atomic E-state index is 13.0. The fraction of sp³-hybridized carbons (Fsp3) is 0.238. The van der Waals surface area contributed by atoms with Crippen molar-refractivity contribution in [3.8, 4) is 0 Å². The number of nitrogens with zero attached hydrogens (tertiary/aromatic N) is 4. The minimum atomic E-state index is -0.404. The van der Waals surface area contributed by atoms with Gasteiger partial charge in [-0.2, -0.15) is 5.10 Å². The third-order valence-electron chi connectivity index (χ3n) is 4.66. The van der Waals surface area contributed by atoms with Crippen molar-refractivity contribution in [3.63, 3.8) is 0 Å². The van der Waals surface area contributed by atoms with E-state index < -0.39 is 5.82 Å². The van der Waals surface area contributed by atoms with Crippen molar-refractivity contribution in [1.29, 1.82) is 0 Å². The number of hydrogen-bond donors (Lipinski definition) is 1. The molecule has 3 aromatic rings. The molecule has 2 heterocycles. The van der Waals surface area contributed by atoms with Gasteiger partial charge in [-0.25, -0.2) is 4.39 Å². The highest BCUT2D eigenvalue weighted by atomic mass is 19.1. The van der Waals surface area contributed by atoms with Crippen LogP contribution in [0.15, 0.2) is 61.1 Å². The Morgan fingerprint density at radius 1 is 1.17 bits per heavy atom. The summed E-state index contributed by atoms with van der Waals surface area (Å²) in [5, 5.41) is 6.86. The summed E-state index contributed by atoms with van der Waals surface area (Å²) in [7, 11) is 0. The van der Waals surface area contributed by atoms with E-state index in [4.69, 9.17) is 0 Å². The lowest BCUT2D eigenvalue weighted by Crippen LogP contribution is -2.35. The monoisotopic (exact) mass is 393 g/mol. The third-order valence-corrected chi connectivity index (χ3v) is 4.66. The molecule has 1 N–H and O–H groups in total. The van der Waals surface area contributed by atoms with Gasteiger partial charge in [0.15, 0.2) is 0 Å². The molecule has 1 aromatic carbocycles. The van der Waals surface area contributed by atoms with Crippen LogP contribution in [0.25, 0.3) is 0 Å². The molecule has 0 aliphatic heterocycles. The highest BCUT2D eigenvalue weighted by Gasteiger charge is 2.32. The van der Waals surface area contributed by atoms with E-state index in [9.17, 15) is 14.0 Å². The van der Waals surface area contributed by atoms with Crippen molar-refractivity contribution >= 4 is 17.5 Å². The first-order valence-electron chi connectivity index (χ1n) is 9.37. The Morgan fingerprint density at radius 2 is 1.97 bits per heavy atom. The molecule has 0 bridgehead atoms. The number of anilines is 1. The van der Waals surface area contributed by atoms with Crippen LogP contribution in [-0.4, -0.2) is 37.5 Å². The number of amides is 2. The van der Waals surface area contributed by atoms with Crippen LogP contribution in [0.4, 0.5) is 10.1 Å². The lowest BCUT2D eigenvalue weighted by Gasteiger charge is -2.22. The molecular formula is C21H20FN5O2. The van der Waals surface area contributed by atoms with E-state index in [1.807, 2.05) is 23.1 Å². The van der Waals surface area contributed by atoms with E-state index in [2.05, 4.69) is 15.4 Å². The number of benzene rings is 1. The Labute approximate surface area is 167 Å². The van der Waals surface area contributed by atoms with Crippen molar-refractivity contribution < 1.29 is 14.0 Å². The van der Waals surface area contributed by atoms with Gasteiger partial charge in [-0.1, -0.05) is 6.07 Å².